The fourth-order valence-electron chi connectivity index (χ4n) is 11.0. The normalized spacial score (nSPS) is 14.0. The SMILES string of the molecule is c1cc2c3c(c1)-n1c4ccccc4c4cccc(c41)B3c1cc3c(cc1O2)Oc1cccc2c1B3c1cccc3c4c5c(ccc4n-2c13)sc1ccccc15. The van der Waals surface area contributed by atoms with Crippen molar-refractivity contribution in [2.24, 2.45) is 0 Å². The topological polar surface area (TPSA) is 28.3 Å². The zero-order chi connectivity index (χ0) is 35.3. The molecule has 4 nitrogen and oxygen atoms in total. The van der Waals surface area contributed by atoms with Gasteiger partial charge in [-0.05, 0) is 81.3 Å². The van der Waals surface area contributed by atoms with Crippen LogP contribution in [0.1, 0.15) is 0 Å². The van der Waals surface area contributed by atoms with Gasteiger partial charge in [0.1, 0.15) is 23.0 Å². The number of ether oxygens (including phenoxy) is 2. The third kappa shape index (κ3) is 3.12. The summed E-state index contributed by atoms with van der Waals surface area (Å²) in [5, 5.41) is 7.88. The largest absolute Gasteiger partial charge is 0.458 e. The van der Waals surface area contributed by atoms with Crippen molar-refractivity contribution in [2.45, 2.75) is 0 Å². The standard InChI is InChI=1S/C48H24B2N2O2S/c1-3-15-33-25(9-1)26-11-5-13-29-47(26)51(33)35-16-7-18-37-45(35)49(29)31-23-32-40(24-39(31)53-37)54-38-19-8-17-36-46(38)50(32)30-14-6-12-28-43-34(52(36)48(28)30)21-22-42-44(43)27-10-2-4-20-41(27)55-42/h1-24H. The summed E-state index contributed by atoms with van der Waals surface area (Å²) in [6.45, 7) is 0.0151. The highest BCUT2D eigenvalue weighted by Gasteiger charge is 2.45. The zero-order valence-corrected chi connectivity index (χ0v) is 29.9. The fourth-order valence-corrected chi connectivity index (χ4v) is 12.2. The van der Waals surface area contributed by atoms with Crippen molar-refractivity contribution in [3.8, 4) is 34.4 Å². The van der Waals surface area contributed by atoms with E-state index in [4.69, 9.17) is 9.47 Å². The second-order valence-electron chi connectivity index (χ2n) is 15.5. The van der Waals surface area contributed by atoms with Gasteiger partial charge in [0, 0.05) is 70.2 Å². The first-order chi connectivity index (χ1) is 27.3. The summed E-state index contributed by atoms with van der Waals surface area (Å²) in [4.78, 5) is 0. The molecule has 8 aromatic carbocycles. The number of aromatic nitrogens is 2. The van der Waals surface area contributed by atoms with Crippen molar-refractivity contribution >= 4 is 121 Å². The van der Waals surface area contributed by atoms with Crippen LogP contribution in [0.15, 0.2) is 146 Å². The lowest BCUT2D eigenvalue weighted by molar-refractivity contribution is 0.465. The predicted molar refractivity (Wildman–Crippen MR) is 230 cm³/mol. The molecule has 0 fully saturated rings. The molecular weight excluding hydrogens is 690 g/mol. The smallest absolute Gasteiger partial charge is 0.256 e. The molecule has 0 saturated carbocycles. The monoisotopic (exact) mass is 714 g/mol. The number of para-hydroxylation sites is 3. The fraction of sp³-hybridized carbons (Fsp3) is 0. The molecule has 0 N–H and O–H groups in total. The van der Waals surface area contributed by atoms with Gasteiger partial charge in [0.25, 0.3) is 13.4 Å². The van der Waals surface area contributed by atoms with Gasteiger partial charge < -0.3 is 18.6 Å². The molecule has 0 spiro atoms. The van der Waals surface area contributed by atoms with E-state index in [2.05, 4.69) is 155 Å². The van der Waals surface area contributed by atoms with Crippen LogP contribution in [0.2, 0.25) is 0 Å². The molecule has 0 aliphatic carbocycles. The van der Waals surface area contributed by atoms with Gasteiger partial charge in [-0.2, -0.15) is 0 Å². The maximum atomic E-state index is 6.96. The molecule has 0 saturated heterocycles. The van der Waals surface area contributed by atoms with Gasteiger partial charge in [-0.25, -0.2) is 0 Å². The molecule has 55 heavy (non-hydrogen) atoms. The number of fused-ring (bicyclic) bond motifs is 18. The number of thiophene rings is 1. The van der Waals surface area contributed by atoms with Gasteiger partial charge in [0.15, 0.2) is 0 Å². The van der Waals surface area contributed by atoms with Gasteiger partial charge in [0.05, 0.1) is 11.0 Å². The summed E-state index contributed by atoms with van der Waals surface area (Å²) < 4.78 is 21.5. The Morgan fingerprint density at radius 3 is 1.75 bits per heavy atom. The molecule has 0 amide bonds. The average molecular weight is 714 g/mol. The van der Waals surface area contributed by atoms with E-state index in [1.165, 1.54) is 108 Å². The Kier molecular flexibility index (Phi) is 4.72. The highest BCUT2D eigenvalue weighted by atomic mass is 32.1. The Labute approximate surface area is 318 Å². The van der Waals surface area contributed by atoms with E-state index in [0.717, 1.165) is 23.0 Å². The van der Waals surface area contributed by atoms with E-state index in [-0.39, 0.29) is 13.4 Å². The second-order valence-corrected chi connectivity index (χ2v) is 16.6. The van der Waals surface area contributed by atoms with Crippen LogP contribution in [0.4, 0.5) is 0 Å². The molecule has 15 rings (SSSR count). The van der Waals surface area contributed by atoms with Crippen LogP contribution < -0.4 is 42.3 Å². The predicted octanol–water partition coefficient (Wildman–Crippen LogP) is 8.12. The molecule has 0 unspecified atom stereocenters. The number of hydrogen-bond donors (Lipinski definition) is 0. The van der Waals surface area contributed by atoms with Crippen molar-refractivity contribution in [3.05, 3.63) is 146 Å². The molecule has 3 aromatic heterocycles. The summed E-state index contributed by atoms with van der Waals surface area (Å²) in [6, 6.07) is 53.8. The first kappa shape index (κ1) is 27.9. The molecule has 7 heterocycles. The van der Waals surface area contributed by atoms with Gasteiger partial charge >= 0.3 is 0 Å². The summed E-state index contributed by atoms with van der Waals surface area (Å²) in [7, 11) is 0. The van der Waals surface area contributed by atoms with Crippen molar-refractivity contribution in [3.63, 3.8) is 0 Å². The number of hydrogen-bond acceptors (Lipinski definition) is 3. The first-order valence-electron chi connectivity index (χ1n) is 19.0. The maximum absolute atomic E-state index is 6.96. The first-order valence-corrected chi connectivity index (χ1v) is 19.8. The average Bonchev–Trinajstić information content (AvgIpc) is 3.89. The summed E-state index contributed by atoms with van der Waals surface area (Å²) in [5.41, 5.74) is 14.9. The molecule has 4 aliphatic rings. The lowest BCUT2D eigenvalue weighted by Gasteiger charge is -2.36. The van der Waals surface area contributed by atoms with Gasteiger partial charge in [-0.15, -0.1) is 11.3 Å². The van der Waals surface area contributed by atoms with Crippen LogP contribution in [-0.2, 0) is 0 Å². The molecule has 0 bridgehead atoms. The van der Waals surface area contributed by atoms with Crippen LogP contribution in [0, 0.1) is 0 Å². The van der Waals surface area contributed by atoms with Crippen molar-refractivity contribution in [1.29, 1.82) is 0 Å². The van der Waals surface area contributed by atoms with Crippen LogP contribution in [-0.4, -0.2) is 22.6 Å². The summed E-state index contributed by atoms with van der Waals surface area (Å²) >= 11 is 1.88. The van der Waals surface area contributed by atoms with E-state index in [9.17, 15) is 0 Å². The van der Waals surface area contributed by atoms with Crippen LogP contribution in [0.3, 0.4) is 0 Å². The summed E-state index contributed by atoms with van der Waals surface area (Å²) in [6.07, 6.45) is 0. The molecule has 0 radical (unpaired) electrons. The van der Waals surface area contributed by atoms with Crippen molar-refractivity contribution < 1.29 is 9.47 Å². The lowest BCUT2D eigenvalue weighted by atomic mass is 9.31. The van der Waals surface area contributed by atoms with Crippen LogP contribution >= 0.6 is 11.3 Å². The minimum absolute atomic E-state index is 0.00190. The van der Waals surface area contributed by atoms with E-state index in [1.54, 1.807) is 0 Å². The molecule has 7 heteroatoms. The molecular formula is C48H24B2N2O2S. The van der Waals surface area contributed by atoms with E-state index in [1.807, 2.05) is 11.3 Å². The Morgan fingerprint density at radius 2 is 1.00 bits per heavy atom. The Morgan fingerprint density at radius 1 is 0.400 bits per heavy atom. The molecule has 4 aliphatic heterocycles. The second kappa shape index (κ2) is 9.32. The quantitative estimate of drug-likeness (QED) is 0.149. The van der Waals surface area contributed by atoms with E-state index < -0.39 is 0 Å². The van der Waals surface area contributed by atoms with Crippen molar-refractivity contribution in [2.75, 3.05) is 0 Å². The molecule has 250 valence electrons. The number of rotatable bonds is 0. The summed E-state index contributed by atoms with van der Waals surface area (Å²) in [5.74, 6) is 3.55. The minimum atomic E-state index is -0.00190. The van der Waals surface area contributed by atoms with E-state index >= 15 is 0 Å². The lowest BCUT2D eigenvalue weighted by Crippen LogP contribution is -2.62. The zero-order valence-electron chi connectivity index (χ0n) is 29.1. The van der Waals surface area contributed by atoms with Crippen molar-refractivity contribution in [1.82, 2.24) is 9.13 Å². The Balaban J connectivity index is 1.04. The van der Waals surface area contributed by atoms with Crippen LogP contribution in [0.5, 0.6) is 23.0 Å². The third-order valence-electron chi connectivity index (χ3n) is 13.0. The molecule has 0 atom stereocenters. The van der Waals surface area contributed by atoms with Crippen LogP contribution in [0.25, 0.3) is 75.2 Å². The Hall–Kier alpha value is -6.69. The number of nitrogens with zero attached hydrogens (tertiary/aromatic N) is 2. The van der Waals surface area contributed by atoms with Gasteiger partial charge in [-0.1, -0.05) is 91.0 Å². The number of benzene rings is 8. The van der Waals surface area contributed by atoms with Gasteiger partial charge in [0.2, 0.25) is 0 Å². The highest BCUT2D eigenvalue weighted by molar-refractivity contribution is 7.26. The highest BCUT2D eigenvalue weighted by Crippen LogP contribution is 2.45. The maximum Gasteiger partial charge on any atom is 0.256 e. The molecule has 11 aromatic rings. The Bertz CT molecular complexity index is 3650. The van der Waals surface area contributed by atoms with E-state index in [0.29, 0.717) is 0 Å². The minimum Gasteiger partial charge on any atom is -0.458 e. The third-order valence-corrected chi connectivity index (χ3v) is 14.2. The van der Waals surface area contributed by atoms with Gasteiger partial charge in [-0.3, -0.25) is 0 Å².